The lowest BCUT2D eigenvalue weighted by atomic mass is 10.00. The number of benzene rings is 3. The molecule has 0 spiro atoms. The first-order chi connectivity index (χ1) is 16.3. The molecule has 4 N–H and O–H groups in total. The van der Waals surface area contributed by atoms with Crippen molar-refractivity contribution in [1.82, 2.24) is 5.32 Å². The van der Waals surface area contributed by atoms with Gasteiger partial charge in [-0.25, -0.2) is 9.18 Å². The average Bonchev–Trinajstić information content (AvgIpc) is 2.85. The molecule has 0 aromatic heterocycles. The van der Waals surface area contributed by atoms with E-state index in [2.05, 4.69) is 5.32 Å². The predicted molar refractivity (Wildman–Crippen MR) is 129 cm³/mol. The summed E-state index contributed by atoms with van der Waals surface area (Å²) in [5, 5.41) is 22.7. The number of nitrogens with one attached hydrogen (secondary N) is 1. The number of aliphatic hydroxyl groups is 1. The molecule has 2 unspecified atom stereocenters. The molecule has 0 aliphatic heterocycles. The van der Waals surface area contributed by atoms with Crippen LogP contribution in [0.5, 0.6) is 0 Å². The lowest BCUT2D eigenvalue weighted by Gasteiger charge is -2.18. The first kappa shape index (κ1) is 24.9. The van der Waals surface area contributed by atoms with Gasteiger partial charge in [0.25, 0.3) is 0 Å². The minimum absolute atomic E-state index is 0.0118. The van der Waals surface area contributed by atoms with Crippen LogP contribution in [-0.2, 0) is 11.2 Å². The van der Waals surface area contributed by atoms with Gasteiger partial charge in [-0.3, -0.25) is 0 Å². The number of anilines is 1. The van der Waals surface area contributed by atoms with Crippen molar-refractivity contribution in [3.05, 3.63) is 88.7 Å². The molecule has 0 saturated heterocycles. The van der Waals surface area contributed by atoms with E-state index in [0.717, 1.165) is 29.2 Å². The van der Waals surface area contributed by atoms with Gasteiger partial charge in [0.05, 0.1) is 29.5 Å². The Labute approximate surface area is 198 Å². The molecule has 0 bridgehead atoms. The maximum atomic E-state index is 13.9. The van der Waals surface area contributed by atoms with Gasteiger partial charge in [0.1, 0.15) is 11.9 Å². The lowest BCUT2D eigenvalue weighted by Crippen LogP contribution is -2.32. The van der Waals surface area contributed by atoms with E-state index in [1.165, 1.54) is 6.07 Å². The van der Waals surface area contributed by atoms with E-state index < -0.39 is 11.9 Å². The van der Waals surface area contributed by atoms with Crippen molar-refractivity contribution < 1.29 is 19.0 Å². The van der Waals surface area contributed by atoms with Gasteiger partial charge >= 0.3 is 5.97 Å². The second kappa shape index (κ2) is 11.4. The summed E-state index contributed by atoms with van der Waals surface area (Å²) in [7, 11) is 0. The molecule has 0 fully saturated rings. The largest absolute Gasteiger partial charge is 0.462 e. The second-order valence-electron chi connectivity index (χ2n) is 8.10. The van der Waals surface area contributed by atoms with E-state index in [1.54, 1.807) is 19.1 Å². The molecular weight excluding hydrogens is 433 g/mol. The Kier molecular flexibility index (Phi) is 8.36. The van der Waals surface area contributed by atoms with Crippen LogP contribution < -0.4 is 11.1 Å². The van der Waals surface area contributed by atoms with E-state index in [9.17, 15) is 14.3 Å². The number of hydrogen-bond donors (Lipinski definition) is 3. The fraction of sp³-hybridized carbons (Fsp3) is 0.259. The highest BCUT2D eigenvalue weighted by atomic mass is 19.1. The standard InChI is InChI=1S/C27H28FN3O3/c1-3-34-27(33)21-10-8-20(9-11-21)19-6-4-18(5-7-19)12-17(2)31-16-25(32)22-13-23(15-29)26(30)24(28)14-22/h4-11,13-14,17,25,31-32H,3,12,16,30H2,1-2H3. The summed E-state index contributed by atoms with van der Waals surface area (Å²) in [6.07, 6.45) is -0.237. The van der Waals surface area contributed by atoms with Crippen molar-refractivity contribution >= 4 is 11.7 Å². The van der Waals surface area contributed by atoms with Crippen LogP contribution in [0.1, 0.15) is 47.0 Å². The van der Waals surface area contributed by atoms with Gasteiger partial charge in [-0.05, 0) is 66.8 Å². The molecule has 3 aromatic carbocycles. The summed E-state index contributed by atoms with van der Waals surface area (Å²) in [5.41, 5.74) is 9.32. The van der Waals surface area contributed by atoms with Gasteiger partial charge in [-0.1, -0.05) is 36.4 Å². The molecule has 0 aliphatic carbocycles. The van der Waals surface area contributed by atoms with Crippen LogP contribution in [0.2, 0.25) is 0 Å². The minimum Gasteiger partial charge on any atom is -0.462 e. The van der Waals surface area contributed by atoms with Crippen LogP contribution in [0.15, 0.2) is 60.7 Å². The molecule has 0 heterocycles. The fourth-order valence-electron chi connectivity index (χ4n) is 3.63. The number of ether oxygens (including phenoxy) is 1. The summed E-state index contributed by atoms with van der Waals surface area (Å²) in [6, 6.07) is 19.9. The number of carbonyl (C=O) groups excluding carboxylic acids is 1. The van der Waals surface area contributed by atoms with Crippen LogP contribution in [0.3, 0.4) is 0 Å². The van der Waals surface area contributed by atoms with Gasteiger partial charge < -0.3 is 20.9 Å². The predicted octanol–water partition coefficient (Wildman–Crippen LogP) is 4.38. The molecule has 176 valence electrons. The quantitative estimate of drug-likeness (QED) is 0.322. The average molecular weight is 462 g/mol. The topological polar surface area (TPSA) is 108 Å². The molecule has 34 heavy (non-hydrogen) atoms. The highest BCUT2D eigenvalue weighted by molar-refractivity contribution is 5.90. The van der Waals surface area contributed by atoms with E-state index >= 15 is 0 Å². The minimum atomic E-state index is -0.968. The first-order valence-corrected chi connectivity index (χ1v) is 11.1. The summed E-state index contributed by atoms with van der Waals surface area (Å²) >= 11 is 0. The zero-order valence-electron chi connectivity index (χ0n) is 19.2. The summed E-state index contributed by atoms with van der Waals surface area (Å²) in [6.45, 7) is 4.33. The highest BCUT2D eigenvalue weighted by Gasteiger charge is 2.15. The number of aliphatic hydroxyl groups excluding tert-OH is 1. The molecule has 7 heteroatoms. The molecule has 6 nitrogen and oxygen atoms in total. The Hall–Kier alpha value is -3.73. The van der Waals surface area contributed by atoms with E-state index in [-0.39, 0.29) is 29.8 Å². The summed E-state index contributed by atoms with van der Waals surface area (Å²) in [5.74, 6) is -1.04. The van der Waals surface area contributed by atoms with Crippen LogP contribution in [-0.4, -0.2) is 30.3 Å². The van der Waals surface area contributed by atoms with Crippen molar-refractivity contribution in [3.8, 4) is 17.2 Å². The molecule has 0 amide bonds. The smallest absolute Gasteiger partial charge is 0.338 e. The van der Waals surface area contributed by atoms with Crippen molar-refractivity contribution in [2.45, 2.75) is 32.4 Å². The van der Waals surface area contributed by atoms with Crippen molar-refractivity contribution in [2.75, 3.05) is 18.9 Å². The zero-order chi connectivity index (χ0) is 24.7. The third kappa shape index (κ3) is 6.19. The molecule has 0 aliphatic rings. The number of rotatable bonds is 9. The summed E-state index contributed by atoms with van der Waals surface area (Å²) < 4.78 is 18.9. The van der Waals surface area contributed by atoms with E-state index in [1.807, 2.05) is 49.4 Å². The van der Waals surface area contributed by atoms with Crippen molar-refractivity contribution in [3.63, 3.8) is 0 Å². The molecule has 0 radical (unpaired) electrons. The maximum absolute atomic E-state index is 13.9. The van der Waals surface area contributed by atoms with E-state index in [4.69, 9.17) is 15.7 Å². The third-order valence-electron chi connectivity index (χ3n) is 5.54. The van der Waals surface area contributed by atoms with Crippen molar-refractivity contribution in [1.29, 1.82) is 5.26 Å². The summed E-state index contributed by atoms with van der Waals surface area (Å²) in [4.78, 5) is 11.8. The molecule has 0 saturated carbocycles. The monoisotopic (exact) mass is 461 g/mol. The van der Waals surface area contributed by atoms with Crippen LogP contribution >= 0.6 is 0 Å². The lowest BCUT2D eigenvalue weighted by molar-refractivity contribution is 0.0526. The van der Waals surface area contributed by atoms with Gasteiger partial charge in [-0.15, -0.1) is 0 Å². The zero-order valence-corrected chi connectivity index (χ0v) is 19.2. The van der Waals surface area contributed by atoms with Gasteiger partial charge in [0.2, 0.25) is 0 Å². The maximum Gasteiger partial charge on any atom is 0.338 e. The number of halogens is 1. The van der Waals surface area contributed by atoms with Gasteiger partial charge in [0.15, 0.2) is 0 Å². The number of esters is 1. The number of nitrogen functional groups attached to an aromatic ring is 1. The SMILES string of the molecule is CCOC(=O)c1ccc(-c2ccc(CC(C)NCC(O)c3cc(F)c(N)c(C#N)c3)cc2)cc1. The number of nitriles is 1. The Balaban J connectivity index is 1.56. The third-order valence-corrected chi connectivity index (χ3v) is 5.54. The molecular formula is C27H28FN3O3. The van der Waals surface area contributed by atoms with Crippen LogP contribution in [0.25, 0.3) is 11.1 Å². The normalized spacial score (nSPS) is 12.6. The van der Waals surface area contributed by atoms with Gasteiger partial charge in [-0.2, -0.15) is 5.26 Å². The number of carbonyl (C=O) groups is 1. The fourth-order valence-corrected chi connectivity index (χ4v) is 3.63. The van der Waals surface area contributed by atoms with Gasteiger partial charge in [0, 0.05) is 12.6 Å². The Bertz CT molecular complexity index is 1170. The second-order valence-corrected chi connectivity index (χ2v) is 8.10. The molecule has 3 aromatic rings. The number of hydrogen-bond acceptors (Lipinski definition) is 6. The molecule has 3 rings (SSSR count). The van der Waals surface area contributed by atoms with Crippen molar-refractivity contribution in [2.24, 2.45) is 0 Å². The van der Waals surface area contributed by atoms with Crippen LogP contribution in [0, 0.1) is 17.1 Å². The van der Waals surface area contributed by atoms with E-state index in [0.29, 0.717) is 17.7 Å². The molecule has 2 atom stereocenters. The Morgan fingerprint density at radius 1 is 1.15 bits per heavy atom. The number of nitrogens with two attached hydrogens (primary N) is 1. The highest BCUT2D eigenvalue weighted by Crippen LogP contribution is 2.23. The Morgan fingerprint density at radius 2 is 1.76 bits per heavy atom. The first-order valence-electron chi connectivity index (χ1n) is 11.1. The Morgan fingerprint density at radius 3 is 2.35 bits per heavy atom. The number of nitrogens with zero attached hydrogens (tertiary/aromatic N) is 1. The van der Waals surface area contributed by atoms with Crippen LogP contribution in [0.4, 0.5) is 10.1 Å².